The molecule has 3 rings (SSSR count). The van der Waals surface area contributed by atoms with E-state index in [0.29, 0.717) is 29.6 Å². The zero-order valence-corrected chi connectivity index (χ0v) is 18.9. The van der Waals surface area contributed by atoms with Gasteiger partial charge in [-0.05, 0) is 55.3 Å². The van der Waals surface area contributed by atoms with E-state index in [1.165, 1.54) is 0 Å². The highest BCUT2D eigenvalue weighted by Crippen LogP contribution is 2.26. The molecule has 0 saturated carbocycles. The molecule has 0 spiro atoms. The Morgan fingerprint density at radius 3 is 2.47 bits per heavy atom. The molecule has 0 aliphatic carbocycles. The molecule has 8 nitrogen and oxygen atoms in total. The molecule has 8 heteroatoms. The van der Waals surface area contributed by atoms with E-state index in [1.54, 1.807) is 38.6 Å². The first-order valence-corrected chi connectivity index (χ1v) is 10.6. The van der Waals surface area contributed by atoms with Crippen LogP contribution in [0.1, 0.15) is 37.1 Å². The van der Waals surface area contributed by atoms with Crippen LogP contribution in [-0.4, -0.2) is 48.2 Å². The normalized spacial score (nSPS) is 13.3. The minimum absolute atomic E-state index is 0.00244. The predicted molar refractivity (Wildman–Crippen MR) is 126 cm³/mol. The zero-order chi connectivity index (χ0) is 22.9. The van der Waals surface area contributed by atoms with Crippen LogP contribution in [0.5, 0.6) is 11.5 Å². The quantitative estimate of drug-likeness (QED) is 0.352. The topological polar surface area (TPSA) is 92.9 Å². The molecule has 0 saturated heterocycles. The Morgan fingerprint density at radius 2 is 1.84 bits per heavy atom. The molecule has 32 heavy (non-hydrogen) atoms. The molecule has 0 amide bonds. The van der Waals surface area contributed by atoms with Gasteiger partial charge in [0.15, 0.2) is 5.96 Å². The number of aromatic nitrogens is 2. The number of nitrogens with zero attached hydrogens (tertiary/aromatic N) is 3. The van der Waals surface area contributed by atoms with Crippen molar-refractivity contribution in [3.05, 3.63) is 72.1 Å². The van der Waals surface area contributed by atoms with Crippen LogP contribution >= 0.6 is 0 Å². The molecular weight excluding hydrogens is 406 g/mol. The molecule has 1 aromatic heterocycles. The average Bonchev–Trinajstić information content (AvgIpc) is 3.37. The molecule has 3 N–H and O–H groups in total. The fraction of sp³-hybridized carbons (Fsp3) is 0.333. The Hall–Kier alpha value is -3.52. The number of hydrogen-bond acceptors (Lipinski definition) is 5. The molecule has 0 bridgehead atoms. The summed E-state index contributed by atoms with van der Waals surface area (Å²) >= 11 is 0. The van der Waals surface area contributed by atoms with Crippen LogP contribution in [-0.2, 0) is 0 Å². The first-order chi connectivity index (χ1) is 15.5. The van der Waals surface area contributed by atoms with Crippen molar-refractivity contribution in [2.45, 2.75) is 26.0 Å². The van der Waals surface area contributed by atoms with Crippen molar-refractivity contribution >= 4 is 5.96 Å². The smallest absolute Gasteiger partial charge is 0.191 e. The van der Waals surface area contributed by atoms with Crippen molar-refractivity contribution in [1.82, 2.24) is 20.4 Å². The fourth-order valence-electron chi connectivity index (χ4n) is 3.27. The van der Waals surface area contributed by atoms with Gasteiger partial charge in [0.1, 0.15) is 11.5 Å². The van der Waals surface area contributed by atoms with Crippen LogP contribution < -0.4 is 20.1 Å². The van der Waals surface area contributed by atoms with E-state index in [9.17, 15) is 5.11 Å². The maximum absolute atomic E-state index is 10.7. The summed E-state index contributed by atoms with van der Waals surface area (Å²) < 4.78 is 12.4. The number of aliphatic imine (C=N–C) groups is 1. The minimum Gasteiger partial charge on any atom is -0.497 e. The van der Waals surface area contributed by atoms with Crippen LogP contribution in [0.15, 0.2) is 65.9 Å². The van der Waals surface area contributed by atoms with Crippen LogP contribution in [0, 0.1) is 0 Å². The minimum atomic E-state index is -0.798. The van der Waals surface area contributed by atoms with Crippen molar-refractivity contribution < 1.29 is 14.6 Å². The highest BCUT2D eigenvalue weighted by atomic mass is 16.5. The van der Waals surface area contributed by atoms with Crippen molar-refractivity contribution in [1.29, 1.82) is 0 Å². The predicted octanol–water partition coefficient (Wildman–Crippen LogP) is 3.24. The lowest BCUT2D eigenvalue weighted by molar-refractivity contribution is 0.186. The van der Waals surface area contributed by atoms with E-state index < -0.39 is 6.10 Å². The molecule has 3 aromatic rings. The van der Waals surface area contributed by atoms with E-state index in [0.717, 1.165) is 11.3 Å². The third-order valence-electron chi connectivity index (χ3n) is 5.02. The van der Waals surface area contributed by atoms with E-state index in [2.05, 4.69) is 39.8 Å². The molecule has 170 valence electrons. The van der Waals surface area contributed by atoms with Gasteiger partial charge in [-0.15, -0.1) is 0 Å². The first-order valence-electron chi connectivity index (χ1n) is 10.6. The van der Waals surface area contributed by atoms with Crippen molar-refractivity contribution in [3.63, 3.8) is 0 Å². The highest BCUT2D eigenvalue weighted by Gasteiger charge is 2.13. The second kappa shape index (κ2) is 11.2. The Kier molecular flexibility index (Phi) is 8.10. The Labute approximate surface area is 188 Å². The molecule has 2 aromatic carbocycles. The summed E-state index contributed by atoms with van der Waals surface area (Å²) in [5.74, 6) is 1.87. The maximum Gasteiger partial charge on any atom is 0.191 e. The van der Waals surface area contributed by atoms with Gasteiger partial charge in [0.25, 0.3) is 0 Å². The van der Waals surface area contributed by atoms with Gasteiger partial charge in [-0.2, -0.15) is 5.10 Å². The Morgan fingerprint density at radius 1 is 1.09 bits per heavy atom. The maximum atomic E-state index is 10.7. The monoisotopic (exact) mass is 437 g/mol. The van der Waals surface area contributed by atoms with Gasteiger partial charge >= 0.3 is 0 Å². The summed E-state index contributed by atoms with van der Waals surface area (Å²) in [6.45, 7) is 4.96. The summed E-state index contributed by atoms with van der Waals surface area (Å²) in [7, 11) is 3.16. The molecular formula is C24H31N5O3. The number of aliphatic hydroxyl groups is 1. The number of methoxy groups -OCH3 is 2. The summed E-state index contributed by atoms with van der Waals surface area (Å²) in [6.07, 6.45) is 2.87. The molecule has 2 unspecified atom stereocenters. The number of rotatable bonds is 9. The first kappa shape index (κ1) is 23.1. The zero-order valence-electron chi connectivity index (χ0n) is 18.9. The van der Waals surface area contributed by atoms with Gasteiger partial charge in [-0.1, -0.05) is 12.1 Å². The number of ether oxygens (including phenoxy) is 2. The lowest BCUT2D eigenvalue weighted by Crippen LogP contribution is -2.39. The Balaban J connectivity index is 1.72. The summed E-state index contributed by atoms with van der Waals surface area (Å²) in [4.78, 5) is 4.58. The molecule has 2 atom stereocenters. The van der Waals surface area contributed by atoms with Crippen molar-refractivity contribution in [2.75, 3.05) is 27.3 Å². The number of hydrogen-bond donors (Lipinski definition) is 3. The van der Waals surface area contributed by atoms with Gasteiger partial charge in [-0.3, -0.25) is 4.99 Å². The number of nitrogens with one attached hydrogen (secondary N) is 2. The fourth-order valence-corrected chi connectivity index (χ4v) is 3.27. The lowest BCUT2D eigenvalue weighted by Gasteiger charge is -2.19. The van der Waals surface area contributed by atoms with Crippen molar-refractivity contribution in [2.24, 2.45) is 4.99 Å². The average molecular weight is 438 g/mol. The number of guanidine groups is 1. The molecule has 0 aliphatic heterocycles. The van der Waals surface area contributed by atoms with Gasteiger partial charge in [0, 0.05) is 25.0 Å². The number of aliphatic hydroxyl groups excluding tert-OH is 1. The van der Waals surface area contributed by atoms with E-state index in [1.807, 2.05) is 36.0 Å². The van der Waals surface area contributed by atoms with E-state index in [4.69, 9.17) is 9.47 Å². The van der Waals surface area contributed by atoms with Crippen LogP contribution in [0.4, 0.5) is 0 Å². The van der Waals surface area contributed by atoms with Crippen molar-refractivity contribution in [3.8, 4) is 17.2 Å². The highest BCUT2D eigenvalue weighted by molar-refractivity contribution is 5.80. The summed E-state index contributed by atoms with van der Waals surface area (Å²) in [5, 5.41) is 21.6. The van der Waals surface area contributed by atoms with Crippen LogP contribution in [0.3, 0.4) is 0 Å². The van der Waals surface area contributed by atoms with E-state index in [-0.39, 0.29) is 12.6 Å². The molecule has 1 heterocycles. The standard InChI is InChI=1S/C24H31N5O3/c1-5-25-24(26-16-23(30)19-13-21(31-3)15-22(14-19)32-4)28-17(2)18-8-6-9-20(12-18)29-11-7-10-27-29/h6-15,17,23,30H,5,16H2,1-4H3,(H2,25,26,28). The molecule has 0 aliphatic rings. The van der Waals surface area contributed by atoms with Gasteiger partial charge in [0.05, 0.1) is 38.6 Å². The lowest BCUT2D eigenvalue weighted by atomic mass is 10.1. The largest absolute Gasteiger partial charge is 0.497 e. The van der Waals surface area contributed by atoms with Crippen LogP contribution in [0.25, 0.3) is 5.69 Å². The second-order valence-electron chi connectivity index (χ2n) is 7.29. The molecule has 0 radical (unpaired) electrons. The summed E-state index contributed by atoms with van der Waals surface area (Å²) in [5.41, 5.74) is 2.77. The third kappa shape index (κ3) is 6.01. The van der Waals surface area contributed by atoms with Gasteiger partial charge < -0.3 is 25.2 Å². The third-order valence-corrected chi connectivity index (χ3v) is 5.02. The van der Waals surface area contributed by atoms with Crippen LogP contribution in [0.2, 0.25) is 0 Å². The summed E-state index contributed by atoms with van der Waals surface area (Å²) in [6, 6.07) is 15.4. The number of benzene rings is 2. The van der Waals surface area contributed by atoms with Gasteiger partial charge in [0.2, 0.25) is 0 Å². The van der Waals surface area contributed by atoms with Gasteiger partial charge in [-0.25, -0.2) is 4.68 Å². The SMILES string of the molecule is CCNC(=NCC(O)c1cc(OC)cc(OC)c1)NC(C)c1cccc(-n2cccn2)c1. The second-order valence-corrected chi connectivity index (χ2v) is 7.29. The molecule has 0 fully saturated rings. The Bertz CT molecular complexity index is 998. The van der Waals surface area contributed by atoms with E-state index >= 15 is 0 Å².